The van der Waals surface area contributed by atoms with Gasteiger partial charge in [0.15, 0.2) is 0 Å². The van der Waals surface area contributed by atoms with Crippen LogP contribution in [0, 0.1) is 11.3 Å². The van der Waals surface area contributed by atoms with Crippen molar-refractivity contribution < 1.29 is 0 Å². The zero-order valence-corrected chi connectivity index (χ0v) is 10.8. The molecule has 0 fully saturated rings. The Kier molecular flexibility index (Phi) is 5.10. The van der Waals surface area contributed by atoms with Crippen molar-refractivity contribution >= 4 is 0 Å². The van der Waals surface area contributed by atoms with E-state index in [0.29, 0.717) is 11.3 Å². The zero-order chi connectivity index (χ0) is 11.4. The Morgan fingerprint density at radius 1 is 1.14 bits per heavy atom. The van der Waals surface area contributed by atoms with Gasteiger partial charge in [0.25, 0.3) is 0 Å². The molecule has 0 aliphatic rings. The van der Waals surface area contributed by atoms with Crippen molar-refractivity contribution in [2.45, 2.75) is 53.5 Å². The van der Waals surface area contributed by atoms with Crippen LogP contribution in [0.4, 0.5) is 0 Å². The number of hydrogen-bond donors (Lipinski definition) is 2. The summed E-state index contributed by atoms with van der Waals surface area (Å²) in [4.78, 5) is 0. The van der Waals surface area contributed by atoms with E-state index in [1.165, 1.54) is 0 Å². The summed E-state index contributed by atoms with van der Waals surface area (Å²) in [5.41, 5.74) is 6.23. The highest BCUT2D eigenvalue weighted by atomic mass is 14.9. The quantitative estimate of drug-likeness (QED) is 0.646. The number of rotatable bonds is 6. The molecule has 0 aromatic heterocycles. The normalized spacial score (nSPS) is 13.7. The van der Waals surface area contributed by atoms with E-state index in [9.17, 15) is 0 Å². The lowest BCUT2D eigenvalue weighted by molar-refractivity contribution is 0.236. The Morgan fingerprint density at radius 3 is 2.00 bits per heavy atom. The molecule has 0 radical (unpaired) electrons. The van der Waals surface area contributed by atoms with Gasteiger partial charge >= 0.3 is 0 Å². The minimum absolute atomic E-state index is 0.0467. The fraction of sp³-hybridized carbons (Fsp3) is 1.00. The average molecular weight is 200 g/mol. The molecule has 0 aromatic carbocycles. The van der Waals surface area contributed by atoms with E-state index in [0.717, 1.165) is 19.5 Å². The van der Waals surface area contributed by atoms with Crippen molar-refractivity contribution in [1.82, 2.24) is 5.32 Å². The largest absolute Gasteiger partial charge is 0.326 e. The van der Waals surface area contributed by atoms with E-state index in [4.69, 9.17) is 5.73 Å². The molecule has 0 aliphatic heterocycles. The van der Waals surface area contributed by atoms with E-state index in [-0.39, 0.29) is 5.54 Å². The molecule has 0 bridgehead atoms. The highest BCUT2D eigenvalue weighted by Crippen LogP contribution is 2.24. The summed E-state index contributed by atoms with van der Waals surface area (Å²) in [6, 6.07) is 0. The van der Waals surface area contributed by atoms with E-state index in [1.807, 2.05) is 0 Å². The summed E-state index contributed by atoms with van der Waals surface area (Å²) in [5, 5.41) is 3.48. The lowest BCUT2D eigenvalue weighted by atomic mass is 9.81. The molecule has 0 saturated carbocycles. The van der Waals surface area contributed by atoms with E-state index in [2.05, 4.69) is 46.9 Å². The fourth-order valence-corrected chi connectivity index (χ4v) is 1.03. The summed E-state index contributed by atoms with van der Waals surface area (Å²) < 4.78 is 0. The van der Waals surface area contributed by atoms with Crippen LogP contribution in [0.2, 0.25) is 0 Å². The Balaban J connectivity index is 3.65. The summed E-state index contributed by atoms with van der Waals surface area (Å²) >= 11 is 0. The lowest BCUT2D eigenvalue weighted by Gasteiger charge is -2.30. The summed E-state index contributed by atoms with van der Waals surface area (Å²) in [6.07, 6.45) is 1.03. The molecular weight excluding hydrogens is 172 g/mol. The van der Waals surface area contributed by atoms with E-state index >= 15 is 0 Å². The van der Waals surface area contributed by atoms with E-state index < -0.39 is 0 Å². The first-order valence-corrected chi connectivity index (χ1v) is 5.65. The smallest absolute Gasteiger partial charge is 0.0109 e. The molecule has 0 spiro atoms. The molecule has 0 unspecified atom stereocenters. The molecule has 0 atom stereocenters. The van der Waals surface area contributed by atoms with Gasteiger partial charge in [-0.25, -0.2) is 0 Å². The fourth-order valence-electron chi connectivity index (χ4n) is 1.03. The van der Waals surface area contributed by atoms with Gasteiger partial charge in [0.2, 0.25) is 0 Å². The molecule has 0 amide bonds. The number of hydrogen-bond acceptors (Lipinski definition) is 2. The second-order valence-electron chi connectivity index (χ2n) is 6.06. The molecule has 0 aliphatic carbocycles. The lowest BCUT2D eigenvalue weighted by Crippen LogP contribution is -2.39. The van der Waals surface area contributed by atoms with Crippen LogP contribution in [-0.4, -0.2) is 18.6 Å². The van der Waals surface area contributed by atoms with Crippen molar-refractivity contribution in [2.24, 2.45) is 17.1 Å². The van der Waals surface area contributed by atoms with Gasteiger partial charge in [-0.05, 0) is 38.1 Å². The maximum Gasteiger partial charge on any atom is 0.0109 e. The standard InChI is InChI=1S/C12H28N2/c1-10(2)11(3,4)9-14-8-7-12(5,6)13/h10,14H,7-9,13H2,1-6H3. The maximum atomic E-state index is 5.91. The van der Waals surface area contributed by atoms with Gasteiger partial charge in [0.1, 0.15) is 0 Å². The topological polar surface area (TPSA) is 38.0 Å². The van der Waals surface area contributed by atoms with Crippen molar-refractivity contribution in [1.29, 1.82) is 0 Å². The molecule has 86 valence electrons. The van der Waals surface area contributed by atoms with Crippen LogP contribution in [0.1, 0.15) is 48.0 Å². The Bertz CT molecular complexity index is 154. The molecule has 0 rings (SSSR count). The third kappa shape index (κ3) is 6.39. The Labute approximate surface area is 89.6 Å². The molecule has 0 aromatic rings. The minimum atomic E-state index is -0.0467. The van der Waals surface area contributed by atoms with Gasteiger partial charge in [0.05, 0.1) is 0 Å². The van der Waals surface area contributed by atoms with Crippen molar-refractivity contribution in [3.63, 3.8) is 0 Å². The van der Waals surface area contributed by atoms with Crippen molar-refractivity contribution in [2.75, 3.05) is 13.1 Å². The molecule has 14 heavy (non-hydrogen) atoms. The number of nitrogens with one attached hydrogen (secondary N) is 1. The van der Waals surface area contributed by atoms with Crippen LogP contribution in [0.3, 0.4) is 0 Å². The van der Waals surface area contributed by atoms with Gasteiger partial charge in [-0.15, -0.1) is 0 Å². The Morgan fingerprint density at radius 2 is 1.64 bits per heavy atom. The van der Waals surface area contributed by atoms with Crippen LogP contribution < -0.4 is 11.1 Å². The summed E-state index contributed by atoms with van der Waals surface area (Å²) in [7, 11) is 0. The van der Waals surface area contributed by atoms with Crippen LogP contribution in [-0.2, 0) is 0 Å². The Hall–Kier alpha value is -0.0800. The highest BCUT2D eigenvalue weighted by molar-refractivity contribution is 4.77. The average Bonchev–Trinajstić information content (AvgIpc) is 1.96. The van der Waals surface area contributed by atoms with Crippen LogP contribution in [0.25, 0.3) is 0 Å². The molecule has 0 saturated heterocycles. The molecule has 2 nitrogen and oxygen atoms in total. The molecule has 2 heteroatoms. The van der Waals surface area contributed by atoms with Crippen molar-refractivity contribution in [3.05, 3.63) is 0 Å². The first-order valence-electron chi connectivity index (χ1n) is 5.65. The number of nitrogens with two attached hydrogens (primary N) is 1. The SMILES string of the molecule is CC(C)C(C)(C)CNCCC(C)(C)N. The van der Waals surface area contributed by atoms with Gasteiger partial charge in [-0.2, -0.15) is 0 Å². The third-order valence-electron chi connectivity index (χ3n) is 3.09. The minimum Gasteiger partial charge on any atom is -0.326 e. The highest BCUT2D eigenvalue weighted by Gasteiger charge is 2.21. The molecule has 0 heterocycles. The van der Waals surface area contributed by atoms with Gasteiger partial charge in [0, 0.05) is 12.1 Å². The summed E-state index contributed by atoms with van der Waals surface area (Å²) in [5.74, 6) is 0.709. The van der Waals surface area contributed by atoms with Gasteiger partial charge in [-0.1, -0.05) is 27.7 Å². The van der Waals surface area contributed by atoms with Crippen LogP contribution in [0.15, 0.2) is 0 Å². The molecular formula is C12H28N2. The second kappa shape index (κ2) is 5.13. The predicted molar refractivity (Wildman–Crippen MR) is 64.4 cm³/mol. The summed E-state index contributed by atoms with van der Waals surface area (Å²) in [6.45, 7) is 15.4. The monoisotopic (exact) mass is 200 g/mol. The zero-order valence-electron chi connectivity index (χ0n) is 10.8. The first-order chi connectivity index (χ1) is 6.15. The van der Waals surface area contributed by atoms with Gasteiger partial charge in [-0.3, -0.25) is 0 Å². The third-order valence-corrected chi connectivity index (χ3v) is 3.09. The maximum absolute atomic E-state index is 5.91. The van der Waals surface area contributed by atoms with E-state index in [1.54, 1.807) is 0 Å². The van der Waals surface area contributed by atoms with Crippen LogP contribution in [0.5, 0.6) is 0 Å². The predicted octanol–water partition coefficient (Wildman–Crippen LogP) is 2.39. The second-order valence-corrected chi connectivity index (χ2v) is 6.06. The van der Waals surface area contributed by atoms with Gasteiger partial charge < -0.3 is 11.1 Å². The van der Waals surface area contributed by atoms with Crippen molar-refractivity contribution in [3.8, 4) is 0 Å². The first kappa shape index (κ1) is 13.9. The molecule has 3 N–H and O–H groups in total. The van der Waals surface area contributed by atoms with Crippen LogP contribution >= 0.6 is 0 Å².